The van der Waals surface area contributed by atoms with Crippen molar-refractivity contribution in [2.24, 2.45) is 5.92 Å². The minimum atomic E-state index is -0.0714. The van der Waals surface area contributed by atoms with Gasteiger partial charge in [0.1, 0.15) is 6.61 Å². The molecule has 2 aliphatic rings. The summed E-state index contributed by atoms with van der Waals surface area (Å²) in [5, 5.41) is 3.05. The average molecular weight is 199 g/mol. The molecule has 0 radical (unpaired) electrons. The van der Waals surface area contributed by atoms with Crippen LogP contribution in [0.25, 0.3) is 0 Å². The van der Waals surface area contributed by atoms with Crippen LogP contribution in [0.15, 0.2) is 0 Å². The number of carbonyl (C=O) groups is 1. The third-order valence-corrected chi connectivity index (χ3v) is 2.80. The summed E-state index contributed by atoms with van der Waals surface area (Å²) in [5.41, 5.74) is 0. The van der Waals surface area contributed by atoms with E-state index in [1.54, 1.807) is 0 Å². The van der Waals surface area contributed by atoms with E-state index in [1.807, 2.05) is 0 Å². The van der Waals surface area contributed by atoms with Crippen LogP contribution in [0.1, 0.15) is 19.3 Å². The van der Waals surface area contributed by atoms with Crippen LogP contribution in [0.3, 0.4) is 0 Å². The standard InChI is InChI=1S/C10H17NO3/c12-10(8-5-11-6-8)14-7-9-3-1-2-4-13-9/h8-9,11H,1-7H2. The van der Waals surface area contributed by atoms with Crippen molar-refractivity contribution in [3.8, 4) is 0 Å². The van der Waals surface area contributed by atoms with E-state index in [0.717, 1.165) is 32.5 Å². The summed E-state index contributed by atoms with van der Waals surface area (Å²) < 4.78 is 10.6. The molecule has 1 N–H and O–H groups in total. The first kappa shape index (κ1) is 9.93. The molecular weight excluding hydrogens is 182 g/mol. The molecule has 0 aromatic heterocycles. The predicted octanol–water partition coefficient (Wildman–Crippen LogP) is 0.318. The molecule has 0 aromatic rings. The molecule has 4 heteroatoms. The van der Waals surface area contributed by atoms with E-state index in [-0.39, 0.29) is 18.0 Å². The quantitative estimate of drug-likeness (QED) is 0.665. The Hall–Kier alpha value is -0.610. The summed E-state index contributed by atoms with van der Waals surface area (Å²) >= 11 is 0. The smallest absolute Gasteiger partial charge is 0.311 e. The van der Waals surface area contributed by atoms with Crippen molar-refractivity contribution in [2.75, 3.05) is 26.3 Å². The second-order valence-electron chi connectivity index (χ2n) is 3.97. The van der Waals surface area contributed by atoms with Crippen LogP contribution in [0.4, 0.5) is 0 Å². The number of hydrogen-bond donors (Lipinski definition) is 1. The minimum Gasteiger partial charge on any atom is -0.463 e. The van der Waals surface area contributed by atoms with Gasteiger partial charge in [-0.25, -0.2) is 0 Å². The highest BCUT2D eigenvalue weighted by Gasteiger charge is 2.27. The van der Waals surface area contributed by atoms with Crippen molar-refractivity contribution < 1.29 is 14.3 Å². The topological polar surface area (TPSA) is 47.6 Å². The molecule has 1 unspecified atom stereocenters. The Morgan fingerprint density at radius 1 is 1.43 bits per heavy atom. The fourth-order valence-corrected chi connectivity index (χ4v) is 1.69. The van der Waals surface area contributed by atoms with Crippen molar-refractivity contribution in [1.29, 1.82) is 0 Å². The molecule has 14 heavy (non-hydrogen) atoms. The van der Waals surface area contributed by atoms with Crippen LogP contribution in [0.2, 0.25) is 0 Å². The summed E-state index contributed by atoms with van der Waals surface area (Å²) in [6.07, 6.45) is 3.49. The van der Waals surface area contributed by atoms with E-state index in [1.165, 1.54) is 6.42 Å². The Morgan fingerprint density at radius 2 is 2.29 bits per heavy atom. The zero-order valence-electron chi connectivity index (χ0n) is 8.33. The number of ether oxygens (including phenoxy) is 2. The fourth-order valence-electron chi connectivity index (χ4n) is 1.69. The molecule has 0 spiro atoms. The fraction of sp³-hybridized carbons (Fsp3) is 0.900. The Balaban J connectivity index is 1.62. The summed E-state index contributed by atoms with van der Waals surface area (Å²) in [4.78, 5) is 11.4. The van der Waals surface area contributed by atoms with Gasteiger partial charge >= 0.3 is 5.97 Å². The molecule has 0 aromatic carbocycles. The van der Waals surface area contributed by atoms with Crippen LogP contribution >= 0.6 is 0 Å². The Labute approximate surface area is 84.0 Å². The normalized spacial score (nSPS) is 28.1. The lowest BCUT2D eigenvalue weighted by Gasteiger charge is -2.27. The molecule has 0 saturated carbocycles. The third kappa shape index (κ3) is 2.45. The Kier molecular flexibility index (Phi) is 3.37. The molecule has 4 nitrogen and oxygen atoms in total. The number of carbonyl (C=O) groups excluding carboxylic acids is 1. The summed E-state index contributed by atoms with van der Waals surface area (Å²) in [5.74, 6) is 0.0107. The summed E-state index contributed by atoms with van der Waals surface area (Å²) in [6, 6.07) is 0. The van der Waals surface area contributed by atoms with E-state index >= 15 is 0 Å². The molecule has 2 aliphatic heterocycles. The molecule has 2 fully saturated rings. The van der Waals surface area contributed by atoms with Crippen LogP contribution in [0, 0.1) is 5.92 Å². The van der Waals surface area contributed by atoms with Gasteiger partial charge in [0.2, 0.25) is 0 Å². The van der Waals surface area contributed by atoms with E-state index in [4.69, 9.17) is 9.47 Å². The molecule has 80 valence electrons. The number of esters is 1. The first-order valence-electron chi connectivity index (χ1n) is 5.35. The van der Waals surface area contributed by atoms with E-state index < -0.39 is 0 Å². The van der Waals surface area contributed by atoms with Gasteiger partial charge in [-0.3, -0.25) is 4.79 Å². The number of hydrogen-bond acceptors (Lipinski definition) is 4. The third-order valence-electron chi connectivity index (χ3n) is 2.80. The monoisotopic (exact) mass is 199 g/mol. The van der Waals surface area contributed by atoms with Gasteiger partial charge in [0.15, 0.2) is 0 Å². The highest BCUT2D eigenvalue weighted by molar-refractivity contribution is 5.74. The van der Waals surface area contributed by atoms with Crippen molar-refractivity contribution in [3.63, 3.8) is 0 Å². The predicted molar refractivity (Wildman–Crippen MR) is 50.9 cm³/mol. The first-order chi connectivity index (χ1) is 6.86. The van der Waals surface area contributed by atoms with Gasteiger partial charge < -0.3 is 14.8 Å². The number of nitrogens with one attached hydrogen (secondary N) is 1. The molecule has 0 aliphatic carbocycles. The molecule has 0 amide bonds. The average Bonchev–Trinajstić information content (AvgIpc) is 2.14. The van der Waals surface area contributed by atoms with E-state index in [2.05, 4.69) is 5.32 Å². The van der Waals surface area contributed by atoms with Crippen molar-refractivity contribution in [2.45, 2.75) is 25.4 Å². The zero-order valence-corrected chi connectivity index (χ0v) is 8.33. The summed E-state index contributed by atoms with van der Waals surface area (Å²) in [6.45, 7) is 2.79. The maximum absolute atomic E-state index is 11.4. The molecule has 2 saturated heterocycles. The largest absolute Gasteiger partial charge is 0.463 e. The van der Waals surface area contributed by atoms with Gasteiger partial charge in [0.05, 0.1) is 12.0 Å². The minimum absolute atomic E-state index is 0.0714. The second kappa shape index (κ2) is 4.75. The van der Waals surface area contributed by atoms with Gasteiger partial charge in [-0.2, -0.15) is 0 Å². The van der Waals surface area contributed by atoms with E-state index in [0.29, 0.717) is 6.61 Å². The van der Waals surface area contributed by atoms with Gasteiger partial charge in [-0.1, -0.05) is 0 Å². The molecular formula is C10H17NO3. The lowest BCUT2D eigenvalue weighted by atomic mass is 10.0. The molecule has 0 bridgehead atoms. The van der Waals surface area contributed by atoms with Crippen LogP contribution in [-0.2, 0) is 14.3 Å². The van der Waals surface area contributed by atoms with Crippen LogP contribution in [-0.4, -0.2) is 38.4 Å². The zero-order chi connectivity index (χ0) is 9.80. The van der Waals surface area contributed by atoms with Crippen LogP contribution in [0.5, 0.6) is 0 Å². The van der Waals surface area contributed by atoms with Gasteiger partial charge in [-0.05, 0) is 19.3 Å². The second-order valence-corrected chi connectivity index (χ2v) is 3.97. The maximum atomic E-state index is 11.4. The lowest BCUT2D eigenvalue weighted by molar-refractivity contribution is -0.155. The molecule has 1 atom stereocenters. The SMILES string of the molecule is O=C(OCC1CCCCO1)C1CNC1. The van der Waals surface area contributed by atoms with Crippen molar-refractivity contribution in [3.05, 3.63) is 0 Å². The molecule has 2 rings (SSSR count). The highest BCUT2D eigenvalue weighted by atomic mass is 16.6. The lowest BCUT2D eigenvalue weighted by Crippen LogP contribution is -2.47. The highest BCUT2D eigenvalue weighted by Crippen LogP contribution is 2.14. The Bertz CT molecular complexity index is 198. The van der Waals surface area contributed by atoms with Crippen molar-refractivity contribution in [1.82, 2.24) is 5.32 Å². The maximum Gasteiger partial charge on any atom is 0.311 e. The number of rotatable bonds is 3. The van der Waals surface area contributed by atoms with Gasteiger partial charge in [0, 0.05) is 19.7 Å². The Morgan fingerprint density at radius 3 is 2.86 bits per heavy atom. The van der Waals surface area contributed by atoms with E-state index in [9.17, 15) is 4.79 Å². The summed E-state index contributed by atoms with van der Waals surface area (Å²) in [7, 11) is 0. The van der Waals surface area contributed by atoms with Crippen molar-refractivity contribution >= 4 is 5.97 Å². The molecule has 2 heterocycles. The first-order valence-corrected chi connectivity index (χ1v) is 5.35. The van der Waals surface area contributed by atoms with Crippen LogP contribution < -0.4 is 5.32 Å². The van der Waals surface area contributed by atoms with Gasteiger partial charge in [0.25, 0.3) is 0 Å². The van der Waals surface area contributed by atoms with Gasteiger partial charge in [-0.15, -0.1) is 0 Å².